The van der Waals surface area contributed by atoms with Gasteiger partial charge in [0.05, 0.1) is 19.8 Å². The van der Waals surface area contributed by atoms with E-state index in [1.807, 2.05) is 18.2 Å². The first kappa shape index (κ1) is 23.6. The van der Waals surface area contributed by atoms with Gasteiger partial charge in [-0.3, -0.25) is 0 Å². The van der Waals surface area contributed by atoms with Gasteiger partial charge >= 0.3 is 8.60 Å². The maximum atomic E-state index is 5.99. The van der Waals surface area contributed by atoms with E-state index in [0.717, 1.165) is 38.5 Å². The van der Waals surface area contributed by atoms with Crippen LogP contribution in [0.3, 0.4) is 0 Å². The lowest BCUT2D eigenvalue weighted by atomic mass is 10.1. The molecule has 3 rings (SSSR count). The molecule has 0 bridgehead atoms. The molecule has 0 saturated heterocycles. The lowest BCUT2D eigenvalue weighted by Crippen LogP contribution is -2.02. The summed E-state index contributed by atoms with van der Waals surface area (Å²) in [5.41, 5.74) is 4.01. The molecule has 3 aromatic rings. The van der Waals surface area contributed by atoms with Crippen LogP contribution in [0, 0.1) is 0 Å². The van der Waals surface area contributed by atoms with Gasteiger partial charge in [-0.2, -0.15) is 0 Å². The maximum Gasteiger partial charge on any atom is 0.332 e. The molecule has 0 atom stereocenters. The molecule has 4 heteroatoms. The predicted octanol–water partition coefficient (Wildman–Crippen LogP) is 7.16. The summed E-state index contributed by atoms with van der Waals surface area (Å²) < 4.78 is 18.0. The Kier molecular flexibility index (Phi) is 11.3. The van der Waals surface area contributed by atoms with Gasteiger partial charge in [-0.1, -0.05) is 91.0 Å². The van der Waals surface area contributed by atoms with E-state index < -0.39 is 8.60 Å². The van der Waals surface area contributed by atoms with Gasteiger partial charge in [0.1, 0.15) is 0 Å². The van der Waals surface area contributed by atoms with E-state index in [1.54, 1.807) is 0 Å². The molecule has 0 aliphatic heterocycles. The van der Waals surface area contributed by atoms with Crippen LogP contribution in [0.25, 0.3) is 0 Å². The Morgan fingerprint density at radius 1 is 0.419 bits per heavy atom. The standard InChI is InChI=1S/C27H33O3P/c1-4-13-25(14-5-1)19-10-22-28-31(29-23-11-20-26-15-6-2-7-16-26)30-24-12-21-27-17-8-3-9-18-27/h1-9,13-18H,10-12,19-24H2. The van der Waals surface area contributed by atoms with Crippen LogP contribution in [0.5, 0.6) is 0 Å². The molecule has 0 fully saturated rings. The number of hydrogen-bond donors (Lipinski definition) is 0. The molecule has 0 amide bonds. The number of rotatable bonds is 15. The number of hydrogen-bond acceptors (Lipinski definition) is 3. The molecule has 0 heterocycles. The lowest BCUT2D eigenvalue weighted by molar-refractivity contribution is 0.156. The minimum Gasteiger partial charge on any atom is -0.312 e. The second-order valence-corrected chi connectivity index (χ2v) is 8.71. The first-order valence-corrected chi connectivity index (χ1v) is 12.3. The van der Waals surface area contributed by atoms with Crippen molar-refractivity contribution < 1.29 is 13.6 Å². The van der Waals surface area contributed by atoms with Crippen LogP contribution in [0.1, 0.15) is 36.0 Å². The normalized spacial score (nSPS) is 11.1. The van der Waals surface area contributed by atoms with Crippen LogP contribution < -0.4 is 0 Å². The topological polar surface area (TPSA) is 27.7 Å². The van der Waals surface area contributed by atoms with Crippen molar-refractivity contribution in [2.45, 2.75) is 38.5 Å². The van der Waals surface area contributed by atoms with E-state index in [0.29, 0.717) is 19.8 Å². The second-order valence-electron chi connectivity index (χ2n) is 7.49. The van der Waals surface area contributed by atoms with E-state index in [2.05, 4.69) is 72.8 Å². The summed E-state index contributed by atoms with van der Waals surface area (Å²) in [4.78, 5) is 0. The smallest absolute Gasteiger partial charge is 0.312 e. The van der Waals surface area contributed by atoms with Gasteiger partial charge in [-0.05, 0) is 55.2 Å². The molecule has 0 N–H and O–H groups in total. The van der Waals surface area contributed by atoms with Crippen LogP contribution in [0.2, 0.25) is 0 Å². The minimum atomic E-state index is -1.30. The molecule has 0 spiro atoms. The summed E-state index contributed by atoms with van der Waals surface area (Å²) in [6, 6.07) is 31.5. The van der Waals surface area contributed by atoms with Crippen molar-refractivity contribution in [2.75, 3.05) is 19.8 Å². The summed E-state index contributed by atoms with van der Waals surface area (Å²) in [6.07, 6.45) is 5.90. The average Bonchev–Trinajstić information content (AvgIpc) is 2.83. The zero-order valence-corrected chi connectivity index (χ0v) is 19.1. The molecule has 164 valence electrons. The highest BCUT2D eigenvalue weighted by Gasteiger charge is 2.12. The Bertz CT molecular complexity index is 699. The fourth-order valence-electron chi connectivity index (χ4n) is 3.29. The fourth-order valence-corrected chi connectivity index (χ4v) is 4.35. The summed E-state index contributed by atoms with van der Waals surface area (Å²) in [7, 11) is -1.30. The second kappa shape index (κ2) is 14.9. The summed E-state index contributed by atoms with van der Waals surface area (Å²) in [5.74, 6) is 0. The molecule has 0 saturated carbocycles. The number of benzene rings is 3. The molecule has 3 aromatic carbocycles. The average molecular weight is 437 g/mol. The van der Waals surface area contributed by atoms with Crippen LogP contribution in [-0.2, 0) is 32.8 Å². The van der Waals surface area contributed by atoms with Crippen molar-refractivity contribution in [1.29, 1.82) is 0 Å². The largest absolute Gasteiger partial charge is 0.332 e. The van der Waals surface area contributed by atoms with Crippen molar-refractivity contribution >= 4 is 8.60 Å². The van der Waals surface area contributed by atoms with Crippen LogP contribution in [-0.4, -0.2) is 19.8 Å². The molecular formula is C27H33O3P. The van der Waals surface area contributed by atoms with E-state index in [-0.39, 0.29) is 0 Å². The van der Waals surface area contributed by atoms with Crippen LogP contribution in [0.15, 0.2) is 91.0 Å². The SMILES string of the molecule is c1ccc(CCCOP(OCCCc2ccccc2)OCCCc2ccccc2)cc1. The fraction of sp³-hybridized carbons (Fsp3) is 0.333. The minimum absolute atomic E-state index is 0.651. The van der Waals surface area contributed by atoms with Gasteiger partial charge in [0.25, 0.3) is 0 Å². The highest BCUT2D eigenvalue weighted by Crippen LogP contribution is 2.40. The van der Waals surface area contributed by atoms with Gasteiger partial charge in [0.2, 0.25) is 0 Å². The molecule has 0 aliphatic rings. The first-order valence-electron chi connectivity index (χ1n) is 11.2. The van der Waals surface area contributed by atoms with Crippen molar-refractivity contribution in [1.82, 2.24) is 0 Å². The molecule has 0 aromatic heterocycles. The van der Waals surface area contributed by atoms with Crippen molar-refractivity contribution in [3.05, 3.63) is 108 Å². The maximum absolute atomic E-state index is 5.99. The van der Waals surface area contributed by atoms with Crippen LogP contribution in [0.4, 0.5) is 0 Å². The van der Waals surface area contributed by atoms with Crippen LogP contribution >= 0.6 is 8.60 Å². The van der Waals surface area contributed by atoms with Gasteiger partial charge < -0.3 is 13.6 Å². The van der Waals surface area contributed by atoms with E-state index in [1.165, 1.54) is 16.7 Å². The van der Waals surface area contributed by atoms with Gasteiger partial charge in [-0.15, -0.1) is 0 Å². The highest BCUT2D eigenvalue weighted by atomic mass is 31.2. The lowest BCUT2D eigenvalue weighted by Gasteiger charge is -2.17. The highest BCUT2D eigenvalue weighted by molar-refractivity contribution is 7.41. The van der Waals surface area contributed by atoms with Crippen molar-refractivity contribution in [2.24, 2.45) is 0 Å². The molecular weight excluding hydrogens is 403 g/mol. The van der Waals surface area contributed by atoms with E-state index >= 15 is 0 Å². The predicted molar refractivity (Wildman–Crippen MR) is 129 cm³/mol. The first-order chi connectivity index (χ1) is 15.4. The third-order valence-electron chi connectivity index (χ3n) is 4.95. The van der Waals surface area contributed by atoms with Crippen molar-refractivity contribution in [3.63, 3.8) is 0 Å². The Hall–Kier alpha value is -2.03. The Balaban J connectivity index is 1.36. The van der Waals surface area contributed by atoms with E-state index in [4.69, 9.17) is 13.6 Å². The Morgan fingerprint density at radius 2 is 0.710 bits per heavy atom. The molecule has 0 radical (unpaired) electrons. The zero-order chi connectivity index (χ0) is 21.4. The molecule has 0 unspecified atom stereocenters. The third-order valence-corrected chi connectivity index (χ3v) is 6.13. The third kappa shape index (κ3) is 10.2. The Labute approximate surface area is 188 Å². The van der Waals surface area contributed by atoms with Gasteiger partial charge in [-0.25, -0.2) is 0 Å². The van der Waals surface area contributed by atoms with E-state index in [9.17, 15) is 0 Å². The molecule has 31 heavy (non-hydrogen) atoms. The quantitative estimate of drug-likeness (QED) is 0.187. The summed E-state index contributed by atoms with van der Waals surface area (Å²) in [5, 5.41) is 0. The summed E-state index contributed by atoms with van der Waals surface area (Å²) >= 11 is 0. The monoisotopic (exact) mass is 436 g/mol. The number of aryl methyl sites for hydroxylation is 3. The zero-order valence-electron chi connectivity index (χ0n) is 18.2. The van der Waals surface area contributed by atoms with Gasteiger partial charge in [0.15, 0.2) is 0 Å². The molecule has 0 aliphatic carbocycles. The van der Waals surface area contributed by atoms with Gasteiger partial charge in [0, 0.05) is 0 Å². The summed E-state index contributed by atoms with van der Waals surface area (Å²) in [6.45, 7) is 1.95. The molecule has 3 nitrogen and oxygen atoms in total. The Morgan fingerprint density at radius 3 is 1.00 bits per heavy atom. The van der Waals surface area contributed by atoms with Crippen molar-refractivity contribution in [3.8, 4) is 0 Å².